The molecule has 2 aromatic carbocycles. The Kier molecular flexibility index (Phi) is 9.16. The molecule has 3 aromatic rings. The standard InChI is InChI=1S/C27H34N6O4S/c1-18(2)37-23(34)27(17-26(3,4)5,21-14-12-20(13-15-21)22-30-31-32-33(22)6)29-24(38)28-25(35)36-16-19-10-8-7-9-11-19/h7-15,18H,16-17H2,1-6H3,(H2,28,29,35,38)/t27-/m1/s1. The number of nitrogens with one attached hydrogen (secondary N) is 2. The van der Waals surface area contributed by atoms with Crippen LogP contribution in [0.25, 0.3) is 11.4 Å². The highest BCUT2D eigenvalue weighted by Crippen LogP contribution is 2.37. The number of ether oxygens (including phenoxy) is 2. The molecule has 1 atom stereocenters. The third-order valence-electron chi connectivity index (χ3n) is 5.50. The number of aromatic nitrogens is 4. The van der Waals surface area contributed by atoms with Crippen LogP contribution >= 0.6 is 12.2 Å². The van der Waals surface area contributed by atoms with Crippen LogP contribution in [0.3, 0.4) is 0 Å². The molecule has 0 radical (unpaired) electrons. The van der Waals surface area contributed by atoms with E-state index >= 15 is 0 Å². The van der Waals surface area contributed by atoms with E-state index in [1.807, 2.05) is 63.2 Å². The van der Waals surface area contributed by atoms with Crippen molar-refractivity contribution >= 4 is 29.4 Å². The van der Waals surface area contributed by atoms with Gasteiger partial charge in [0.25, 0.3) is 0 Å². The number of thiocarbonyl (C=S) groups is 1. The van der Waals surface area contributed by atoms with Crippen LogP contribution in [0, 0.1) is 5.41 Å². The summed E-state index contributed by atoms with van der Waals surface area (Å²) in [5.74, 6) is 0.0614. The zero-order valence-electron chi connectivity index (χ0n) is 22.5. The molecule has 0 spiro atoms. The van der Waals surface area contributed by atoms with Gasteiger partial charge in [0.2, 0.25) is 0 Å². The molecule has 202 valence electrons. The van der Waals surface area contributed by atoms with E-state index in [0.717, 1.165) is 11.1 Å². The summed E-state index contributed by atoms with van der Waals surface area (Å²) in [6.07, 6.45) is -0.791. The highest BCUT2D eigenvalue weighted by molar-refractivity contribution is 7.80. The number of alkyl carbamates (subject to hydrolysis) is 1. The number of esters is 1. The van der Waals surface area contributed by atoms with Gasteiger partial charge in [-0.2, -0.15) is 0 Å². The van der Waals surface area contributed by atoms with E-state index in [-0.39, 0.29) is 23.2 Å². The molecule has 0 bridgehead atoms. The summed E-state index contributed by atoms with van der Waals surface area (Å²) < 4.78 is 12.6. The molecule has 1 aromatic heterocycles. The van der Waals surface area contributed by atoms with Gasteiger partial charge in [0.05, 0.1) is 6.10 Å². The van der Waals surface area contributed by atoms with Crippen LogP contribution in [0.2, 0.25) is 0 Å². The highest BCUT2D eigenvalue weighted by atomic mass is 32.1. The van der Waals surface area contributed by atoms with Crippen molar-refractivity contribution in [1.29, 1.82) is 0 Å². The summed E-state index contributed by atoms with van der Waals surface area (Å²) in [5, 5.41) is 17.2. The molecular weight excluding hydrogens is 504 g/mol. The maximum Gasteiger partial charge on any atom is 0.413 e. The lowest BCUT2D eigenvalue weighted by molar-refractivity contribution is -0.157. The van der Waals surface area contributed by atoms with Crippen LogP contribution in [-0.4, -0.2) is 43.5 Å². The van der Waals surface area contributed by atoms with Crippen molar-refractivity contribution in [1.82, 2.24) is 30.8 Å². The van der Waals surface area contributed by atoms with Crippen molar-refractivity contribution in [2.45, 2.75) is 59.3 Å². The third kappa shape index (κ3) is 7.58. The molecule has 1 heterocycles. The van der Waals surface area contributed by atoms with Crippen LogP contribution in [0.5, 0.6) is 0 Å². The Morgan fingerprint density at radius 1 is 1.05 bits per heavy atom. The first-order chi connectivity index (χ1) is 17.9. The Labute approximate surface area is 228 Å². The molecular formula is C27H34N6O4S. The smallest absolute Gasteiger partial charge is 0.413 e. The maximum atomic E-state index is 13.7. The summed E-state index contributed by atoms with van der Waals surface area (Å²) in [6.45, 7) is 9.67. The number of carbonyl (C=O) groups excluding carboxylic acids is 2. The van der Waals surface area contributed by atoms with Crippen LogP contribution in [-0.2, 0) is 33.5 Å². The van der Waals surface area contributed by atoms with Gasteiger partial charge in [0.15, 0.2) is 16.5 Å². The molecule has 0 aliphatic heterocycles. The van der Waals surface area contributed by atoms with Gasteiger partial charge in [-0.1, -0.05) is 75.4 Å². The zero-order chi connectivity index (χ0) is 27.9. The van der Waals surface area contributed by atoms with Crippen molar-refractivity contribution in [3.63, 3.8) is 0 Å². The normalized spacial score (nSPS) is 12.9. The lowest BCUT2D eigenvalue weighted by Crippen LogP contribution is -2.58. The summed E-state index contributed by atoms with van der Waals surface area (Å²) in [4.78, 5) is 26.2. The van der Waals surface area contributed by atoms with Gasteiger partial charge in [0.1, 0.15) is 6.61 Å². The van der Waals surface area contributed by atoms with Gasteiger partial charge in [-0.25, -0.2) is 14.3 Å². The van der Waals surface area contributed by atoms with E-state index in [1.54, 1.807) is 37.7 Å². The molecule has 0 fully saturated rings. The van der Waals surface area contributed by atoms with Gasteiger partial charge in [0, 0.05) is 12.6 Å². The van der Waals surface area contributed by atoms with Crippen LogP contribution < -0.4 is 10.6 Å². The van der Waals surface area contributed by atoms with Gasteiger partial charge in [-0.3, -0.25) is 5.32 Å². The van der Waals surface area contributed by atoms with Crippen molar-refractivity contribution in [3.8, 4) is 11.4 Å². The first-order valence-corrected chi connectivity index (χ1v) is 12.6. The summed E-state index contributed by atoms with van der Waals surface area (Å²) in [7, 11) is 1.75. The first kappa shape index (κ1) is 28.7. The summed E-state index contributed by atoms with van der Waals surface area (Å²) in [6, 6.07) is 16.6. The Bertz CT molecular complexity index is 1250. The fourth-order valence-corrected chi connectivity index (χ4v) is 4.28. The van der Waals surface area contributed by atoms with Crippen molar-refractivity contribution < 1.29 is 19.1 Å². The second-order valence-electron chi connectivity index (χ2n) is 10.4. The summed E-state index contributed by atoms with van der Waals surface area (Å²) in [5.41, 5.74) is 0.483. The second kappa shape index (κ2) is 12.1. The molecule has 38 heavy (non-hydrogen) atoms. The largest absolute Gasteiger partial charge is 0.461 e. The quantitative estimate of drug-likeness (QED) is 0.320. The van der Waals surface area contributed by atoms with E-state index in [2.05, 4.69) is 26.2 Å². The molecule has 0 saturated carbocycles. The number of amides is 1. The molecule has 0 aliphatic carbocycles. The van der Waals surface area contributed by atoms with E-state index in [4.69, 9.17) is 21.7 Å². The number of hydrogen-bond donors (Lipinski definition) is 2. The van der Waals surface area contributed by atoms with E-state index in [1.165, 1.54) is 0 Å². The molecule has 10 nitrogen and oxygen atoms in total. The minimum atomic E-state index is -1.40. The SMILES string of the molecule is CC(C)OC(=O)[C@](CC(C)(C)C)(NC(=S)NC(=O)OCc1ccccc1)c1ccc(-c2nnnn2C)cc1. The van der Waals surface area contributed by atoms with E-state index < -0.39 is 17.6 Å². The minimum Gasteiger partial charge on any atom is -0.461 e. The Morgan fingerprint density at radius 2 is 1.71 bits per heavy atom. The number of carbonyl (C=O) groups is 2. The van der Waals surface area contributed by atoms with Gasteiger partial charge in [-0.05, 0) is 59.5 Å². The lowest BCUT2D eigenvalue weighted by Gasteiger charge is -2.39. The molecule has 2 N–H and O–H groups in total. The van der Waals surface area contributed by atoms with Gasteiger partial charge >= 0.3 is 12.1 Å². The van der Waals surface area contributed by atoms with E-state index in [0.29, 0.717) is 17.8 Å². The number of tetrazole rings is 1. The predicted molar refractivity (Wildman–Crippen MR) is 147 cm³/mol. The molecule has 1 amide bonds. The minimum absolute atomic E-state index is 0.0606. The highest BCUT2D eigenvalue weighted by Gasteiger charge is 2.46. The number of aryl methyl sites for hydroxylation is 1. The Morgan fingerprint density at radius 3 is 2.26 bits per heavy atom. The number of benzene rings is 2. The third-order valence-corrected chi connectivity index (χ3v) is 5.70. The van der Waals surface area contributed by atoms with Gasteiger partial charge in [-0.15, -0.1) is 5.10 Å². The fraction of sp³-hybridized carbons (Fsp3) is 0.407. The van der Waals surface area contributed by atoms with Crippen LogP contribution in [0.15, 0.2) is 54.6 Å². The van der Waals surface area contributed by atoms with E-state index in [9.17, 15) is 9.59 Å². The number of nitrogens with zero attached hydrogens (tertiary/aromatic N) is 4. The topological polar surface area (TPSA) is 120 Å². The van der Waals surface area contributed by atoms with Crippen molar-refractivity contribution in [2.24, 2.45) is 12.5 Å². The lowest BCUT2D eigenvalue weighted by atomic mass is 9.75. The molecule has 0 aliphatic rings. The summed E-state index contributed by atoms with van der Waals surface area (Å²) >= 11 is 5.48. The average molecular weight is 539 g/mol. The second-order valence-corrected chi connectivity index (χ2v) is 10.8. The number of hydrogen-bond acceptors (Lipinski definition) is 8. The van der Waals surface area contributed by atoms with Gasteiger partial charge < -0.3 is 14.8 Å². The monoisotopic (exact) mass is 538 g/mol. The Balaban J connectivity index is 1.91. The fourth-order valence-electron chi connectivity index (χ4n) is 4.02. The number of rotatable bonds is 8. The average Bonchev–Trinajstić information content (AvgIpc) is 3.27. The van der Waals surface area contributed by atoms with Crippen LogP contribution in [0.4, 0.5) is 4.79 Å². The molecule has 11 heteroatoms. The molecule has 3 rings (SSSR count). The molecule has 0 unspecified atom stereocenters. The van der Waals surface area contributed by atoms with Crippen LogP contribution in [0.1, 0.15) is 52.2 Å². The first-order valence-electron chi connectivity index (χ1n) is 12.2. The molecule has 0 saturated heterocycles. The predicted octanol–water partition coefficient (Wildman–Crippen LogP) is 4.26. The Hall–Kier alpha value is -3.86. The maximum absolute atomic E-state index is 13.7. The van der Waals surface area contributed by atoms with Crippen molar-refractivity contribution in [2.75, 3.05) is 0 Å². The van der Waals surface area contributed by atoms with Crippen molar-refractivity contribution in [3.05, 3.63) is 65.7 Å². The zero-order valence-corrected chi connectivity index (χ0v) is 23.3.